The molecule has 1 aliphatic heterocycles. The molecule has 1 atom stereocenters. The molecule has 1 unspecified atom stereocenters. The van der Waals surface area contributed by atoms with E-state index in [0.29, 0.717) is 0 Å². The fourth-order valence-electron chi connectivity index (χ4n) is 1.76. The predicted molar refractivity (Wildman–Crippen MR) is 56.9 cm³/mol. The highest BCUT2D eigenvalue weighted by Crippen LogP contribution is 2.31. The molecule has 1 heterocycles. The molecule has 0 aromatic heterocycles. The number of nitrogens with zero attached hydrogens (tertiary/aromatic N) is 1. The van der Waals surface area contributed by atoms with E-state index in [4.69, 9.17) is 13.3 Å². The minimum absolute atomic E-state index is 0.277. The molecule has 0 radical (unpaired) electrons. The van der Waals surface area contributed by atoms with Crippen LogP contribution in [0.2, 0.25) is 5.54 Å². The second-order valence-corrected chi connectivity index (χ2v) is 6.61. The first-order chi connectivity index (χ1) is 6.68. The molecule has 82 valence electrons. The topological polar surface area (TPSA) is 30.9 Å². The van der Waals surface area contributed by atoms with Gasteiger partial charge in [0.15, 0.2) is 0 Å². The lowest BCUT2D eigenvalue weighted by molar-refractivity contribution is 0.113. The van der Waals surface area contributed by atoms with Gasteiger partial charge in [-0.25, -0.2) is 0 Å². The van der Waals surface area contributed by atoms with Gasteiger partial charge in [0.25, 0.3) is 0 Å². The van der Waals surface area contributed by atoms with E-state index in [1.165, 1.54) is 0 Å². The summed E-state index contributed by atoms with van der Waals surface area (Å²) in [4.78, 5) is 2.15. The normalized spacial score (nSPS) is 22.9. The van der Waals surface area contributed by atoms with Crippen molar-refractivity contribution in [1.29, 1.82) is 0 Å². The largest absolute Gasteiger partial charge is 0.507 e. The zero-order valence-corrected chi connectivity index (χ0v) is 10.3. The molecule has 0 bridgehead atoms. The van der Waals surface area contributed by atoms with E-state index in [0.717, 1.165) is 13.0 Å². The molecule has 1 rings (SSSR count). The number of hydrogen-bond donors (Lipinski definition) is 0. The second kappa shape index (κ2) is 4.93. The Labute approximate surface area is 86.8 Å². The highest BCUT2D eigenvalue weighted by atomic mass is 28.4. The summed E-state index contributed by atoms with van der Waals surface area (Å²) in [6, 6.07) is 0. The Morgan fingerprint density at radius 2 is 1.79 bits per heavy atom. The van der Waals surface area contributed by atoms with Crippen LogP contribution in [0, 0.1) is 0 Å². The maximum atomic E-state index is 5.44. The van der Waals surface area contributed by atoms with Crippen LogP contribution < -0.4 is 0 Å². The van der Waals surface area contributed by atoms with Gasteiger partial charge in [-0.1, -0.05) is 6.08 Å². The SMILES string of the molecule is CO[Si](OC)(OC)C1C=CN(C)CC1. The third-order valence-electron chi connectivity index (χ3n) is 2.67. The Hall–Kier alpha value is -0.363. The summed E-state index contributed by atoms with van der Waals surface area (Å²) in [5, 5.41) is 0. The van der Waals surface area contributed by atoms with Gasteiger partial charge in [-0.15, -0.1) is 0 Å². The molecule has 0 fully saturated rings. The first-order valence-electron chi connectivity index (χ1n) is 4.72. The minimum Gasteiger partial charge on any atom is -0.381 e. The molecular weight excluding hydrogens is 198 g/mol. The van der Waals surface area contributed by atoms with E-state index in [1.54, 1.807) is 21.3 Å². The van der Waals surface area contributed by atoms with Crippen molar-refractivity contribution in [3.05, 3.63) is 12.3 Å². The van der Waals surface area contributed by atoms with Gasteiger partial charge < -0.3 is 18.2 Å². The van der Waals surface area contributed by atoms with E-state index < -0.39 is 8.80 Å². The van der Waals surface area contributed by atoms with E-state index in [1.807, 2.05) is 0 Å². The van der Waals surface area contributed by atoms with Crippen molar-refractivity contribution >= 4 is 8.80 Å². The highest BCUT2D eigenvalue weighted by Gasteiger charge is 2.46. The van der Waals surface area contributed by atoms with E-state index in [2.05, 4.69) is 24.2 Å². The lowest BCUT2D eigenvalue weighted by atomic mass is 10.2. The van der Waals surface area contributed by atoms with Crippen molar-refractivity contribution in [2.75, 3.05) is 34.9 Å². The third kappa shape index (κ3) is 2.17. The zero-order chi connectivity index (χ0) is 10.6. The van der Waals surface area contributed by atoms with Crippen LogP contribution >= 0.6 is 0 Å². The Bertz CT molecular complexity index is 198. The molecule has 1 aliphatic rings. The molecule has 0 aromatic carbocycles. The van der Waals surface area contributed by atoms with E-state index in [9.17, 15) is 0 Å². The standard InChI is InChI=1S/C9H19NO3Si/c1-10-7-5-9(6-8-10)14(11-2,12-3)13-4/h5,7,9H,6,8H2,1-4H3. The molecule has 0 N–H and O–H groups in total. The zero-order valence-electron chi connectivity index (χ0n) is 9.32. The summed E-state index contributed by atoms with van der Waals surface area (Å²) in [6.45, 7) is 1.02. The maximum absolute atomic E-state index is 5.44. The van der Waals surface area contributed by atoms with Gasteiger partial charge in [0, 0.05) is 34.9 Å². The number of hydrogen-bond acceptors (Lipinski definition) is 4. The van der Waals surface area contributed by atoms with Crippen molar-refractivity contribution in [3.63, 3.8) is 0 Å². The Kier molecular flexibility index (Phi) is 4.12. The van der Waals surface area contributed by atoms with Crippen molar-refractivity contribution in [2.45, 2.75) is 12.0 Å². The molecule has 14 heavy (non-hydrogen) atoms. The molecule has 0 saturated carbocycles. The fraction of sp³-hybridized carbons (Fsp3) is 0.778. The minimum atomic E-state index is -2.46. The Morgan fingerprint density at radius 1 is 1.21 bits per heavy atom. The molecule has 0 amide bonds. The lowest BCUT2D eigenvalue weighted by Gasteiger charge is -2.34. The van der Waals surface area contributed by atoms with Crippen molar-refractivity contribution in [2.24, 2.45) is 0 Å². The van der Waals surface area contributed by atoms with Gasteiger partial charge >= 0.3 is 8.80 Å². The van der Waals surface area contributed by atoms with Crippen LogP contribution in [0.1, 0.15) is 6.42 Å². The first kappa shape index (κ1) is 11.7. The Balaban J connectivity index is 2.74. The maximum Gasteiger partial charge on any atom is 0.507 e. The van der Waals surface area contributed by atoms with E-state index >= 15 is 0 Å². The first-order valence-corrected chi connectivity index (χ1v) is 6.52. The highest BCUT2D eigenvalue weighted by molar-refractivity contribution is 6.62. The predicted octanol–water partition coefficient (Wildman–Crippen LogP) is 1.08. The number of rotatable bonds is 4. The molecular formula is C9H19NO3Si. The van der Waals surface area contributed by atoms with Gasteiger partial charge in [0.05, 0.1) is 5.54 Å². The smallest absolute Gasteiger partial charge is 0.381 e. The third-order valence-corrected chi connectivity index (χ3v) is 5.77. The molecule has 0 saturated heterocycles. The van der Waals surface area contributed by atoms with Crippen LogP contribution in [-0.4, -0.2) is 48.6 Å². The summed E-state index contributed by atoms with van der Waals surface area (Å²) < 4.78 is 16.3. The summed E-state index contributed by atoms with van der Waals surface area (Å²) in [5.41, 5.74) is 0.277. The van der Waals surface area contributed by atoms with Crippen LogP contribution in [0.25, 0.3) is 0 Å². The quantitative estimate of drug-likeness (QED) is 0.660. The van der Waals surface area contributed by atoms with Crippen molar-refractivity contribution in [1.82, 2.24) is 4.90 Å². The Morgan fingerprint density at radius 3 is 2.14 bits per heavy atom. The van der Waals surface area contributed by atoms with E-state index in [-0.39, 0.29) is 5.54 Å². The second-order valence-electron chi connectivity index (χ2n) is 3.43. The van der Waals surface area contributed by atoms with Crippen LogP contribution in [0.4, 0.5) is 0 Å². The molecule has 4 nitrogen and oxygen atoms in total. The summed E-state index contributed by atoms with van der Waals surface area (Å²) in [5.74, 6) is 0. The lowest BCUT2D eigenvalue weighted by Crippen LogP contribution is -2.48. The molecule has 5 heteroatoms. The number of allylic oxidation sites excluding steroid dienone is 1. The molecule has 0 aliphatic carbocycles. The van der Waals surface area contributed by atoms with Gasteiger partial charge in [0.1, 0.15) is 0 Å². The summed E-state index contributed by atoms with van der Waals surface area (Å²) in [7, 11) is 4.57. The van der Waals surface area contributed by atoms with Crippen LogP contribution in [0.3, 0.4) is 0 Å². The average Bonchev–Trinajstić information content (AvgIpc) is 2.24. The fourth-order valence-corrected chi connectivity index (χ4v) is 3.98. The van der Waals surface area contributed by atoms with Gasteiger partial charge in [-0.05, 0) is 12.6 Å². The van der Waals surface area contributed by atoms with Gasteiger partial charge in [0.2, 0.25) is 0 Å². The average molecular weight is 217 g/mol. The summed E-state index contributed by atoms with van der Waals surface area (Å²) in [6.07, 6.45) is 5.20. The van der Waals surface area contributed by atoms with Crippen LogP contribution in [0.5, 0.6) is 0 Å². The monoisotopic (exact) mass is 217 g/mol. The molecule has 0 aromatic rings. The van der Waals surface area contributed by atoms with Crippen molar-refractivity contribution < 1.29 is 13.3 Å². The molecule has 0 spiro atoms. The van der Waals surface area contributed by atoms with Gasteiger partial charge in [-0.3, -0.25) is 0 Å². The van der Waals surface area contributed by atoms with Crippen molar-refractivity contribution in [3.8, 4) is 0 Å². The van der Waals surface area contributed by atoms with Gasteiger partial charge in [-0.2, -0.15) is 0 Å². The van der Waals surface area contributed by atoms with Crippen LogP contribution in [-0.2, 0) is 13.3 Å². The summed E-state index contributed by atoms with van der Waals surface area (Å²) >= 11 is 0. The van der Waals surface area contributed by atoms with Crippen LogP contribution in [0.15, 0.2) is 12.3 Å².